The minimum atomic E-state index is -0.751. The maximum Gasteiger partial charge on any atom is 0.338 e. The number of ether oxygens (including phenoxy) is 3. The molecule has 0 bridgehead atoms. The Kier molecular flexibility index (Phi) is 4.91. The van der Waals surface area contributed by atoms with Crippen LogP contribution in [0.25, 0.3) is 0 Å². The number of allylic oxidation sites excluding steroid dienone is 2. The SMILES string of the molecule is CCOC(=O)C1=C(C)OC(O)=C(C#N)[C@H]1c1ccc(OC)cc1. The zero-order valence-electron chi connectivity index (χ0n) is 13.1. The summed E-state index contributed by atoms with van der Waals surface area (Å²) in [5, 5.41) is 19.3. The van der Waals surface area contributed by atoms with Crippen molar-refractivity contribution in [1.82, 2.24) is 0 Å². The molecule has 23 heavy (non-hydrogen) atoms. The molecule has 0 aromatic heterocycles. The standard InChI is InChI=1S/C17H17NO5/c1-4-22-17(20)14-10(2)23-16(19)13(9-18)15(14)11-5-7-12(21-3)8-6-11/h5-8,15,19H,4H2,1-3H3/t15-/m1/s1. The highest BCUT2D eigenvalue weighted by molar-refractivity contribution is 5.92. The van der Waals surface area contributed by atoms with Gasteiger partial charge >= 0.3 is 5.97 Å². The molecule has 120 valence electrons. The highest BCUT2D eigenvalue weighted by Crippen LogP contribution is 2.40. The van der Waals surface area contributed by atoms with E-state index in [1.165, 1.54) is 0 Å². The molecule has 0 saturated heterocycles. The number of methoxy groups -OCH3 is 1. The Hall–Kier alpha value is -2.94. The fourth-order valence-corrected chi connectivity index (χ4v) is 2.44. The van der Waals surface area contributed by atoms with E-state index >= 15 is 0 Å². The van der Waals surface area contributed by atoms with Gasteiger partial charge in [0.1, 0.15) is 23.2 Å². The van der Waals surface area contributed by atoms with Crippen molar-refractivity contribution in [2.75, 3.05) is 13.7 Å². The second-order valence-corrected chi connectivity index (χ2v) is 4.83. The van der Waals surface area contributed by atoms with Crippen LogP contribution in [0.15, 0.2) is 47.1 Å². The summed E-state index contributed by atoms with van der Waals surface area (Å²) in [4.78, 5) is 12.3. The zero-order valence-corrected chi connectivity index (χ0v) is 13.1. The van der Waals surface area contributed by atoms with Crippen LogP contribution in [0.1, 0.15) is 25.3 Å². The normalized spacial score (nSPS) is 17.4. The van der Waals surface area contributed by atoms with Gasteiger partial charge in [-0.25, -0.2) is 4.79 Å². The van der Waals surface area contributed by atoms with E-state index in [0.29, 0.717) is 11.3 Å². The van der Waals surface area contributed by atoms with Gasteiger partial charge in [-0.15, -0.1) is 0 Å². The van der Waals surface area contributed by atoms with Crippen molar-refractivity contribution >= 4 is 5.97 Å². The number of benzene rings is 1. The summed E-state index contributed by atoms with van der Waals surface area (Å²) in [6.07, 6.45) is 0. The molecule has 1 N–H and O–H groups in total. The molecule has 6 nitrogen and oxygen atoms in total. The molecule has 0 radical (unpaired) electrons. The number of aliphatic hydroxyl groups excluding tert-OH is 1. The summed E-state index contributed by atoms with van der Waals surface area (Å²) in [5.41, 5.74) is 0.815. The fraction of sp³-hybridized carbons (Fsp3) is 0.294. The first-order chi connectivity index (χ1) is 11.0. The summed E-state index contributed by atoms with van der Waals surface area (Å²) in [6.45, 7) is 3.44. The van der Waals surface area contributed by atoms with Crippen molar-refractivity contribution in [3.8, 4) is 11.8 Å². The molecular formula is C17H17NO5. The molecule has 1 heterocycles. The minimum absolute atomic E-state index is 0.0381. The third kappa shape index (κ3) is 3.14. The summed E-state index contributed by atoms with van der Waals surface area (Å²) < 4.78 is 15.3. The van der Waals surface area contributed by atoms with Gasteiger partial charge in [0, 0.05) is 0 Å². The van der Waals surface area contributed by atoms with Crippen LogP contribution in [-0.2, 0) is 14.3 Å². The average molecular weight is 315 g/mol. The maximum atomic E-state index is 12.3. The highest BCUT2D eigenvalue weighted by Gasteiger charge is 2.37. The number of carbonyl (C=O) groups excluding carboxylic acids is 1. The van der Waals surface area contributed by atoms with E-state index in [9.17, 15) is 15.2 Å². The molecule has 0 amide bonds. The van der Waals surface area contributed by atoms with Crippen LogP contribution in [0.3, 0.4) is 0 Å². The molecule has 1 aliphatic rings. The Bertz CT molecular complexity index is 709. The zero-order chi connectivity index (χ0) is 17.0. The van der Waals surface area contributed by atoms with Gasteiger partial charge in [-0.3, -0.25) is 0 Å². The summed E-state index contributed by atoms with van der Waals surface area (Å²) in [7, 11) is 1.55. The molecule has 0 fully saturated rings. The van der Waals surface area contributed by atoms with Crippen LogP contribution in [0.4, 0.5) is 0 Å². The van der Waals surface area contributed by atoms with Gasteiger partial charge in [0.05, 0.1) is 25.2 Å². The Morgan fingerprint density at radius 1 is 1.39 bits per heavy atom. The number of hydrogen-bond donors (Lipinski definition) is 1. The Morgan fingerprint density at radius 2 is 2.04 bits per heavy atom. The van der Waals surface area contributed by atoms with Gasteiger partial charge in [-0.2, -0.15) is 5.26 Å². The molecule has 6 heteroatoms. The number of aliphatic hydroxyl groups is 1. The van der Waals surface area contributed by atoms with Crippen LogP contribution in [0.5, 0.6) is 5.75 Å². The third-order valence-corrected chi connectivity index (χ3v) is 3.50. The highest BCUT2D eigenvalue weighted by atomic mass is 16.6. The average Bonchev–Trinajstić information content (AvgIpc) is 2.54. The maximum absolute atomic E-state index is 12.3. The van der Waals surface area contributed by atoms with E-state index in [4.69, 9.17) is 14.2 Å². The summed E-state index contributed by atoms with van der Waals surface area (Å²) >= 11 is 0. The van der Waals surface area contributed by atoms with Crippen LogP contribution in [-0.4, -0.2) is 24.8 Å². The van der Waals surface area contributed by atoms with Crippen molar-refractivity contribution in [3.63, 3.8) is 0 Å². The van der Waals surface area contributed by atoms with Crippen molar-refractivity contribution in [2.45, 2.75) is 19.8 Å². The van der Waals surface area contributed by atoms with E-state index < -0.39 is 17.8 Å². The Labute approximate surface area is 134 Å². The summed E-state index contributed by atoms with van der Waals surface area (Å²) in [6, 6.07) is 8.80. The predicted octanol–water partition coefficient (Wildman–Crippen LogP) is 2.94. The smallest absolute Gasteiger partial charge is 0.338 e. The van der Waals surface area contributed by atoms with Crippen molar-refractivity contribution in [1.29, 1.82) is 5.26 Å². The largest absolute Gasteiger partial charge is 0.497 e. The van der Waals surface area contributed by atoms with Gasteiger partial charge in [0.25, 0.3) is 5.95 Å². The summed E-state index contributed by atoms with van der Waals surface area (Å²) in [5.74, 6) is -0.977. The second-order valence-electron chi connectivity index (χ2n) is 4.83. The van der Waals surface area contributed by atoms with Gasteiger partial charge in [0.2, 0.25) is 0 Å². The molecule has 1 aliphatic heterocycles. The third-order valence-electron chi connectivity index (χ3n) is 3.50. The van der Waals surface area contributed by atoms with Crippen LogP contribution < -0.4 is 4.74 Å². The van der Waals surface area contributed by atoms with Crippen molar-refractivity contribution < 1.29 is 24.1 Å². The molecule has 1 atom stereocenters. The van der Waals surface area contributed by atoms with E-state index in [1.54, 1.807) is 45.2 Å². The van der Waals surface area contributed by atoms with Crippen molar-refractivity contribution in [3.05, 3.63) is 52.7 Å². The molecule has 1 aromatic carbocycles. The number of nitriles is 1. The molecule has 0 saturated carbocycles. The van der Waals surface area contributed by atoms with Gasteiger partial charge in [0.15, 0.2) is 0 Å². The van der Waals surface area contributed by atoms with E-state index in [1.807, 2.05) is 6.07 Å². The van der Waals surface area contributed by atoms with Crippen LogP contribution >= 0.6 is 0 Å². The number of hydrogen-bond acceptors (Lipinski definition) is 6. The first kappa shape index (κ1) is 16.4. The second kappa shape index (κ2) is 6.88. The lowest BCUT2D eigenvalue weighted by Crippen LogP contribution is -2.23. The number of esters is 1. The van der Waals surface area contributed by atoms with Crippen LogP contribution in [0.2, 0.25) is 0 Å². The predicted molar refractivity (Wildman–Crippen MR) is 81.4 cm³/mol. The number of rotatable bonds is 4. The number of carbonyl (C=O) groups is 1. The van der Waals surface area contributed by atoms with E-state index in [2.05, 4.69) is 0 Å². The van der Waals surface area contributed by atoms with Gasteiger partial charge in [-0.05, 0) is 31.5 Å². The lowest BCUT2D eigenvalue weighted by molar-refractivity contribution is -0.139. The molecule has 0 spiro atoms. The van der Waals surface area contributed by atoms with Gasteiger partial charge in [-0.1, -0.05) is 12.1 Å². The monoisotopic (exact) mass is 315 g/mol. The minimum Gasteiger partial charge on any atom is -0.497 e. The first-order valence-corrected chi connectivity index (χ1v) is 7.06. The molecule has 0 unspecified atom stereocenters. The molecule has 0 aliphatic carbocycles. The molecule has 1 aromatic rings. The molecular weight excluding hydrogens is 298 g/mol. The lowest BCUT2D eigenvalue weighted by atomic mass is 9.83. The van der Waals surface area contributed by atoms with E-state index in [-0.39, 0.29) is 23.5 Å². The lowest BCUT2D eigenvalue weighted by Gasteiger charge is -2.26. The van der Waals surface area contributed by atoms with Gasteiger partial charge < -0.3 is 19.3 Å². The Morgan fingerprint density at radius 3 is 2.57 bits per heavy atom. The van der Waals surface area contributed by atoms with Crippen LogP contribution in [0, 0.1) is 11.3 Å². The molecule has 2 rings (SSSR count). The Balaban J connectivity index is 2.56. The topological polar surface area (TPSA) is 88.8 Å². The quantitative estimate of drug-likeness (QED) is 0.859. The fourth-order valence-electron chi connectivity index (χ4n) is 2.44. The van der Waals surface area contributed by atoms with E-state index in [0.717, 1.165) is 0 Å². The first-order valence-electron chi connectivity index (χ1n) is 7.06. The number of nitrogens with zero attached hydrogens (tertiary/aromatic N) is 1. The van der Waals surface area contributed by atoms with Crippen molar-refractivity contribution in [2.24, 2.45) is 0 Å².